The van der Waals surface area contributed by atoms with Gasteiger partial charge in [-0.25, -0.2) is 0 Å². The fourth-order valence-corrected chi connectivity index (χ4v) is 2.50. The summed E-state index contributed by atoms with van der Waals surface area (Å²) in [5, 5.41) is 8.89. The van der Waals surface area contributed by atoms with Crippen molar-refractivity contribution in [3.63, 3.8) is 0 Å². The van der Waals surface area contributed by atoms with Crippen LogP contribution in [0.25, 0.3) is 0 Å². The van der Waals surface area contributed by atoms with Crippen LogP contribution in [0.4, 0.5) is 13.2 Å². The van der Waals surface area contributed by atoms with E-state index in [-0.39, 0.29) is 13.1 Å². The topological polar surface area (TPSA) is 83.6 Å². The van der Waals surface area contributed by atoms with Gasteiger partial charge in [0.2, 0.25) is 5.91 Å². The van der Waals surface area contributed by atoms with Crippen LogP contribution in [0.2, 0.25) is 0 Å². The molecule has 0 aromatic heterocycles. The van der Waals surface area contributed by atoms with Crippen LogP contribution >= 0.6 is 0 Å². The molecule has 8 heteroatoms. The van der Waals surface area contributed by atoms with Gasteiger partial charge in [0.1, 0.15) is 0 Å². The Labute approximate surface area is 107 Å². The molecule has 1 unspecified atom stereocenters. The molecule has 0 radical (unpaired) electrons. The molecule has 0 aromatic rings. The van der Waals surface area contributed by atoms with Crippen LogP contribution < -0.4 is 5.73 Å². The lowest BCUT2D eigenvalue weighted by Gasteiger charge is -2.28. The molecule has 2 aliphatic rings. The third-order valence-electron chi connectivity index (χ3n) is 4.21. The number of rotatable bonds is 3. The molecular weight excluding hydrogens is 265 g/mol. The van der Waals surface area contributed by atoms with Crippen molar-refractivity contribution in [1.29, 1.82) is 0 Å². The minimum Gasteiger partial charge on any atom is -0.481 e. The van der Waals surface area contributed by atoms with Crippen LogP contribution in [0.15, 0.2) is 0 Å². The maximum Gasteiger partial charge on any atom is 0.406 e. The Balaban J connectivity index is 2.18. The molecule has 2 fully saturated rings. The first-order chi connectivity index (χ1) is 8.68. The van der Waals surface area contributed by atoms with Crippen molar-refractivity contribution in [2.24, 2.45) is 16.6 Å². The molecule has 1 heterocycles. The molecule has 3 N–H and O–H groups in total. The molecule has 1 saturated carbocycles. The molecule has 1 aliphatic heterocycles. The number of aliphatic carboxylic acids is 1. The first-order valence-electron chi connectivity index (χ1n) is 5.98. The fourth-order valence-electron chi connectivity index (χ4n) is 2.50. The fraction of sp³-hybridized carbons (Fsp3) is 0.818. The Hall–Kier alpha value is -1.31. The van der Waals surface area contributed by atoms with Crippen molar-refractivity contribution in [3.05, 3.63) is 0 Å². The monoisotopic (exact) mass is 280 g/mol. The van der Waals surface area contributed by atoms with Gasteiger partial charge < -0.3 is 15.7 Å². The van der Waals surface area contributed by atoms with Crippen LogP contribution in [-0.2, 0) is 9.59 Å². The van der Waals surface area contributed by atoms with E-state index in [1.54, 1.807) is 0 Å². The van der Waals surface area contributed by atoms with Gasteiger partial charge in [-0.15, -0.1) is 0 Å². The second kappa shape index (κ2) is 4.09. The van der Waals surface area contributed by atoms with E-state index < -0.39 is 41.8 Å². The number of amides is 1. The van der Waals surface area contributed by atoms with Crippen molar-refractivity contribution in [2.45, 2.75) is 25.4 Å². The summed E-state index contributed by atoms with van der Waals surface area (Å²) in [4.78, 5) is 24.1. The normalized spacial score (nSPS) is 29.4. The number of halogens is 3. The molecule has 1 atom stereocenters. The van der Waals surface area contributed by atoms with Crippen LogP contribution in [-0.4, -0.2) is 47.7 Å². The zero-order valence-corrected chi connectivity index (χ0v) is 10.2. The SMILES string of the molecule is NCC1(C(=O)N2CCC(C(=O)O)(C(F)(F)F)C2)CC1. The van der Waals surface area contributed by atoms with E-state index in [1.807, 2.05) is 0 Å². The number of hydrogen-bond donors (Lipinski definition) is 2. The Kier molecular flexibility index (Phi) is 3.04. The summed E-state index contributed by atoms with van der Waals surface area (Å²) < 4.78 is 38.9. The molecule has 108 valence electrons. The van der Waals surface area contributed by atoms with Gasteiger partial charge in [-0.3, -0.25) is 9.59 Å². The lowest BCUT2D eigenvalue weighted by Crippen LogP contribution is -2.49. The second-order valence-electron chi connectivity index (χ2n) is 5.35. The van der Waals surface area contributed by atoms with Gasteiger partial charge in [-0.2, -0.15) is 13.2 Å². The number of carbonyl (C=O) groups excluding carboxylic acids is 1. The number of likely N-dealkylation sites (tertiary alicyclic amines) is 1. The van der Waals surface area contributed by atoms with Gasteiger partial charge in [0, 0.05) is 19.6 Å². The van der Waals surface area contributed by atoms with Crippen LogP contribution in [0.1, 0.15) is 19.3 Å². The number of hydrogen-bond acceptors (Lipinski definition) is 3. The molecule has 1 amide bonds. The van der Waals surface area contributed by atoms with Gasteiger partial charge in [0.15, 0.2) is 5.41 Å². The Morgan fingerprint density at radius 3 is 2.16 bits per heavy atom. The van der Waals surface area contributed by atoms with Gasteiger partial charge >= 0.3 is 12.1 Å². The number of carboxylic acids is 1. The highest BCUT2D eigenvalue weighted by Crippen LogP contribution is 2.50. The molecule has 1 aliphatic carbocycles. The smallest absolute Gasteiger partial charge is 0.406 e. The summed E-state index contributed by atoms with van der Waals surface area (Å²) in [6.45, 7) is -0.909. The first kappa shape index (κ1) is 14.1. The second-order valence-corrected chi connectivity index (χ2v) is 5.35. The third-order valence-corrected chi connectivity index (χ3v) is 4.21. The molecule has 0 aromatic carbocycles. The van der Waals surface area contributed by atoms with E-state index in [4.69, 9.17) is 10.8 Å². The molecular formula is C11H15F3N2O3. The van der Waals surface area contributed by atoms with Crippen molar-refractivity contribution in [1.82, 2.24) is 4.90 Å². The third kappa shape index (κ3) is 1.98. The number of carboxylic acid groups (broad SMARTS) is 1. The van der Waals surface area contributed by atoms with Crippen molar-refractivity contribution < 1.29 is 27.9 Å². The van der Waals surface area contributed by atoms with Gasteiger partial charge in [-0.05, 0) is 19.3 Å². The summed E-state index contributed by atoms with van der Waals surface area (Å²) in [5.41, 5.74) is 1.87. The number of nitrogens with zero attached hydrogens (tertiary/aromatic N) is 1. The predicted molar refractivity (Wildman–Crippen MR) is 58.0 cm³/mol. The summed E-state index contributed by atoms with van der Waals surface area (Å²) in [7, 11) is 0. The van der Waals surface area contributed by atoms with E-state index in [9.17, 15) is 22.8 Å². The lowest BCUT2D eigenvalue weighted by molar-refractivity contribution is -0.227. The standard InChI is InChI=1S/C11H15F3N2O3/c12-11(13,14)10(8(18)19)3-4-16(6-10)7(17)9(5-15)1-2-9/h1-6,15H2,(H,18,19). The summed E-state index contributed by atoms with van der Waals surface area (Å²) >= 11 is 0. The van der Waals surface area contributed by atoms with Crippen LogP contribution in [0, 0.1) is 10.8 Å². The van der Waals surface area contributed by atoms with E-state index >= 15 is 0 Å². The lowest BCUT2D eigenvalue weighted by atomic mass is 9.86. The minimum atomic E-state index is -4.87. The highest BCUT2D eigenvalue weighted by atomic mass is 19.4. The maximum atomic E-state index is 13.0. The van der Waals surface area contributed by atoms with Crippen LogP contribution in [0.5, 0.6) is 0 Å². The van der Waals surface area contributed by atoms with Crippen molar-refractivity contribution in [2.75, 3.05) is 19.6 Å². The van der Waals surface area contributed by atoms with Crippen LogP contribution in [0.3, 0.4) is 0 Å². The molecule has 2 rings (SSSR count). The average molecular weight is 280 g/mol. The number of nitrogens with two attached hydrogens (primary N) is 1. The first-order valence-corrected chi connectivity index (χ1v) is 5.98. The molecule has 0 bridgehead atoms. The zero-order chi connectivity index (χ0) is 14.5. The zero-order valence-electron chi connectivity index (χ0n) is 10.2. The molecule has 1 saturated heterocycles. The highest BCUT2D eigenvalue weighted by molar-refractivity contribution is 5.87. The van der Waals surface area contributed by atoms with Gasteiger partial charge in [0.05, 0.1) is 5.41 Å². The quantitative estimate of drug-likeness (QED) is 0.792. The van der Waals surface area contributed by atoms with Crippen molar-refractivity contribution in [3.8, 4) is 0 Å². The van der Waals surface area contributed by atoms with E-state index in [2.05, 4.69) is 0 Å². The highest BCUT2D eigenvalue weighted by Gasteiger charge is 2.65. The summed E-state index contributed by atoms with van der Waals surface area (Å²) in [5.74, 6) is -2.37. The van der Waals surface area contributed by atoms with E-state index in [0.29, 0.717) is 12.8 Å². The van der Waals surface area contributed by atoms with E-state index in [0.717, 1.165) is 4.90 Å². The Bertz CT molecular complexity index is 420. The summed E-state index contributed by atoms with van der Waals surface area (Å²) in [6, 6.07) is 0. The Morgan fingerprint density at radius 1 is 1.26 bits per heavy atom. The molecule has 19 heavy (non-hydrogen) atoms. The minimum absolute atomic E-state index is 0.0917. The predicted octanol–water partition coefficient (Wildman–Crippen LogP) is 0.591. The number of carbonyl (C=O) groups is 2. The largest absolute Gasteiger partial charge is 0.481 e. The maximum absolute atomic E-state index is 13.0. The average Bonchev–Trinajstić information content (AvgIpc) is 2.97. The molecule has 0 spiro atoms. The Morgan fingerprint density at radius 2 is 1.84 bits per heavy atom. The summed E-state index contributed by atoms with van der Waals surface area (Å²) in [6.07, 6.45) is -4.35. The van der Waals surface area contributed by atoms with Gasteiger partial charge in [0.25, 0.3) is 0 Å². The van der Waals surface area contributed by atoms with Crippen molar-refractivity contribution >= 4 is 11.9 Å². The molecule has 5 nitrogen and oxygen atoms in total. The number of alkyl halides is 3. The van der Waals surface area contributed by atoms with Gasteiger partial charge in [-0.1, -0.05) is 0 Å². The van der Waals surface area contributed by atoms with E-state index in [1.165, 1.54) is 0 Å².